The Morgan fingerprint density at radius 3 is 2.62 bits per heavy atom. The van der Waals surface area contributed by atoms with E-state index in [9.17, 15) is 8.42 Å². The van der Waals surface area contributed by atoms with Crippen LogP contribution in [0.3, 0.4) is 0 Å². The SMILES string of the molecule is Cc1ccc(S(=O)(=O)Nc2ccccc2Cc2nc(-c3ccco3)no2)c(C)c1. The number of para-hydroxylation sites is 1. The monoisotopic (exact) mass is 409 g/mol. The number of anilines is 1. The number of benzene rings is 2. The molecule has 4 aromatic rings. The molecule has 7 nitrogen and oxygen atoms in total. The molecule has 0 fully saturated rings. The van der Waals surface area contributed by atoms with Gasteiger partial charge in [-0.3, -0.25) is 4.72 Å². The molecule has 0 spiro atoms. The minimum Gasteiger partial charge on any atom is -0.461 e. The third-order valence-electron chi connectivity index (χ3n) is 4.43. The smallest absolute Gasteiger partial charge is 0.262 e. The maximum Gasteiger partial charge on any atom is 0.262 e. The molecule has 0 radical (unpaired) electrons. The first-order valence-corrected chi connectivity index (χ1v) is 10.4. The summed E-state index contributed by atoms with van der Waals surface area (Å²) in [7, 11) is -3.74. The summed E-state index contributed by atoms with van der Waals surface area (Å²) in [4.78, 5) is 4.56. The second kappa shape index (κ2) is 7.56. The van der Waals surface area contributed by atoms with Crippen LogP contribution >= 0.6 is 0 Å². The van der Waals surface area contributed by atoms with Crippen molar-refractivity contribution in [3.63, 3.8) is 0 Å². The normalized spacial score (nSPS) is 11.5. The van der Waals surface area contributed by atoms with Crippen LogP contribution < -0.4 is 4.72 Å². The molecule has 0 saturated carbocycles. The first kappa shape index (κ1) is 18.9. The zero-order valence-electron chi connectivity index (χ0n) is 15.9. The van der Waals surface area contributed by atoms with Gasteiger partial charge in [-0.15, -0.1) is 0 Å². The Morgan fingerprint density at radius 2 is 1.86 bits per heavy atom. The zero-order valence-corrected chi connectivity index (χ0v) is 16.7. The van der Waals surface area contributed by atoms with Crippen LogP contribution in [0.2, 0.25) is 0 Å². The molecule has 0 amide bonds. The molecule has 148 valence electrons. The second-order valence-electron chi connectivity index (χ2n) is 6.70. The van der Waals surface area contributed by atoms with Crippen LogP contribution in [0.5, 0.6) is 0 Å². The van der Waals surface area contributed by atoms with Crippen molar-refractivity contribution in [3.8, 4) is 11.6 Å². The molecule has 0 atom stereocenters. The maximum atomic E-state index is 12.9. The summed E-state index contributed by atoms with van der Waals surface area (Å²) < 4.78 is 39.1. The third-order valence-corrected chi connectivity index (χ3v) is 5.96. The number of furan rings is 1. The molecule has 29 heavy (non-hydrogen) atoms. The van der Waals surface area contributed by atoms with Crippen LogP contribution in [-0.4, -0.2) is 18.6 Å². The van der Waals surface area contributed by atoms with Crippen molar-refractivity contribution in [2.24, 2.45) is 0 Å². The minimum atomic E-state index is -3.74. The molecule has 4 rings (SSSR count). The molecule has 0 aliphatic carbocycles. The first-order valence-electron chi connectivity index (χ1n) is 8.97. The number of rotatable bonds is 6. The summed E-state index contributed by atoms with van der Waals surface area (Å²) in [6, 6.07) is 15.8. The summed E-state index contributed by atoms with van der Waals surface area (Å²) in [6.45, 7) is 3.70. The molecular weight excluding hydrogens is 390 g/mol. The number of nitrogens with zero attached hydrogens (tertiary/aromatic N) is 2. The quantitative estimate of drug-likeness (QED) is 0.509. The minimum absolute atomic E-state index is 0.246. The summed E-state index contributed by atoms with van der Waals surface area (Å²) in [5.41, 5.74) is 2.88. The highest BCUT2D eigenvalue weighted by atomic mass is 32.2. The molecule has 2 aromatic carbocycles. The number of nitrogens with one attached hydrogen (secondary N) is 1. The van der Waals surface area contributed by atoms with Gasteiger partial charge in [-0.2, -0.15) is 4.98 Å². The third kappa shape index (κ3) is 4.07. The number of aromatic nitrogens is 2. The molecular formula is C21H19N3O4S. The van der Waals surface area contributed by atoms with E-state index in [1.54, 1.807) is 43.3 Å². The number of sulfonamides is 1. The predicted molar refractivity (Wildman–Crippen MR) is 108 cm³/mol. The van der Waals surface area contributed by atoms with Crippen molar-refractivity contribution in [1.29, 1.82) is 0 Å². The van der Waals surface area contributed by atoms with Gasteiger partial charge in [0.1, 0.15) is 0 Å². The van der Waals surface area contributed by atoms with Crippen molar-refractivity contribution in [1.82, 2.24) is 10.1 Å². The fraction of sp³-hybridized carbons (Fsp3) is 0.143. The lowest BCUT2D eigenvalue weighted by atomic mass is 10.1. The lowest BCUT2D eigenvalue weighted by molar-refractivity contribution is 0.384. The molecule has 0 aliphatic heterocycles. The number of hydrogen-bond acceptors (Lipinski definition) is 6. The maximum absolute atomic E-state index is 12.9. The van der Waals surface area contributed by atoms with Crippen LogP contribution in [0.1, 0.15) is 22.6 Å². The van der Waals surface area contributed by atoms with Gasteiger partial charge in [-0.25, -0.2) is 8.42 Å². The fourth-order valence-electron chi connectivity index (χ4n) is 3.07. The van der Waals surface area contributed by atoms with Gasteiger partial charge in [-0.05, 0) is 49.2 Å². The largest absolute Gasteiger partial charge is 0.461 e. The van der Waals surface area contributed by atoms with Crippen molar-refractivity contribution >= 4 is 15.7 Å². The number of aryl methyl sites for hydroxylation is 2. The van der Waals surface area contributed by atoms with Crippen molar-refractivity contribution < 1.29 is 17.4 Å². The van der Waals surface area contributed by atoms with E-state index >= 15 is 0 Å². The van der Waals surface area contributed by atoms with E-state index in [4.69, 9.17) is 8.94 Å². The van der Waals surface area contributed by atoms with E-state index in [1.165, 1.54) is 6.26 Å². The average molecular weight is 409 g/mol. The Bertz CT molecular complexity index is 1240. The van der Waals surface area contributed by atoms with Crippen LogP contribution in [0.25, 0.3) is 11.6 Å². The Labute approximate surface area is 168 Å². The highest BCUT2D eigenvalue weighted by molar-refractivity contribution is 7.92. The van der Waals surface area contributed by atoms with Gasteiger partial charge in [0.15, 0.2) is 5.76 Å². The molecule has 0 saturated heterocycles. The van der Waals surface area contributed by atoms with E-state index in [-0.39, 0.29) is 11.3 Å². The summed E-state index contributed by atoms with van der Waals surface area (Å²) in [6.07, 6.45) is 1.81. The van der Waals surface area contributed by atoms with E-state index in [0.717, 1.165) is 11.1 Å². The Balaban J connectivity index is 1.60. The average Bonchev–Trinajstić information content (AvgIpc) is 3.34. The molecule has 0 aliphatic rings. The molecule has 0 unspecified atom stereocenters. The van der Waals surface area contributed by atoms with E-state index in [2.05, 4.69) is 14.9 Å². The highest BCUT2D eigenvalue weighted by Crippen LogP contribution is 2.25. The molecule has 8 heteroatoms. The van der Waals surface area contributed by atoms with Crippen molar-refractivity contribution in [3.05, 3.63) is 83.4 Å². The van der Waals surface area contributed by atoms with Gasteiger partial charge in [0.05, 0.1) is 23.3 Å². The van der Waals surface area contributed by atoms with Gasteiger partial charge < -0.3 is 8.94 Å². The zero-order chi connectivity index (χ0) is 20.4. The molecule has 1 N–H and O–H groups in total. The van der Waals surface area contributed by atoms with Gasteiger partial charge in [0.2, 0.25) is 11.7 Å². The topological polar surface area (TPSA) is 98.2 Å². The van der Waals surface area contributed by atoms with E-state index in [0.29, 0.717) is 28.7 Å². The second-order valence-corrected chi connectivity index (χ2v) is 8.35. The summed E-state index contributed by atoms with van der Waals surface area (Å²) in [5.74, 6) is 1.21. The Morgan fingerprint density at radius 1 is 1.03 bits per heavy atom. The van der Waals surface area contributed by atoms with Crippen LogP contribution in [0.15, 0.2) is 74.7 Å². The summed E-state index contributed by atoms with van der Waals surface area (Å²) in [5, 5.41) is 3.91. The van der Waals surface area contributed by atoms with Gasteiger partial charge in [0.25, 0.3) is 10.0 Å². The van der Waals surface area contributed by atoms with Gasteiger partial charge in [-0.1, -0.05) is 41.1 Å². The van der Waals surface area contributed by atoms with Crippen molar-refractivity contribution in [2.45, 2.75) is 25.2 Å². The summed E-state index contributed by atoms with van der Waals surface area (Å²) >= 11 is 0. The van der Waals surface area contributed by atoms with Gasteiger partial charge in [0, 0.05) is 0 Å². The van der Waals surface area contributed by atoms with Crippen LogP contribution in [0, 0.1) is 13.8 Å². The fourth-order valence-corrected chi connectivity index (χ4v) is 4.40. The van der Waals surface area contributed by atoms with Crippen LogP contribution in [0.4, 0.5) is 5.69 Å². The first-order chi connectivity index (χ1) is 13.9. The standard InChI is InChI=1S/C21H19N3O4S/c1-14-9-10-19(15(2)12-14)29(25,26)24-17-7-4-3-6-16(17)13-20-22-21(23-28-20)18-8-5-11-27-18/h3-12,24H,13H2,1-2H3. The molecule has 2 aromatic heterocycles. The number of hydrogen-bond donors (Lipinski definition) is 1. The van der Waals surface area contributed by atoms with Crippen LogP contribution in [-0.2, 0) is 16.4 Å². The van der Waals surface area contributed by atoms with E-state index in [1.807, 2.05) is 25.1 Å². The Kier molecular flexibility index (Phi) is 4.94. The van der Waals surface area contributed by atoms with Crippen molar-refractivity contribution in [2.75, 3.05) is 4.72 Å². The Hall–Kier alpha value is -3.39. The molecule has 0 bridgehead atoms. The lowest BCUT2D eigenvalue weighted by Gasteiger charge is -2.13. The van der Waals surface area contributed by atoms with Gasteiger partial charge >= 0.3 is 0 Å². The highest BCUT2D eigenvalue weighted by Gasteiger charge is 2.19. The lowest BCUT2D eigenvalue weighted by Crippen LogP contribution is -2.15. The van der Waals surface area contributed by atoms with E-state index < -0.39 is 10.0 Å². The molecule has 2 heterocycles. The predicted octanol–water partition coefficient (Wildman–Crippen LogP) is 4.34.